The van der Waals surface area contributed by atoms with Crippen molar-refractivity contribution < 1.29 is 14.4 Å². The van der Waals surface area contributed by atoms with Gasteiger partial charge in [-0.25, -0.2) is 9.97 Å². The molecular weight excluding hydrogens is 260 g/mol. The first kappa shape index (κ1) is 12.1. The lowest BCUT2D eigenvalue weighted by Gasteiger charge is -2.03. The molecule has 0 saturated carbocycles. The summed E-state index contributed by atoms with van der Waals surface area (Å²) in [6, 6.07) is 6.47. The summed E-state index contributed by atoms with van der Waals surface area (Å²) in [5.41, 5.74) is 1.22. The fraction of sp³-hybridized carbons (Fsp3) is 0.0769. The van der Waals surface area contributed by atoms with Gasteiger partial charge in [-0.2, -0.15) is 4.98 Å². The van der Waals surface area contributed by atoms with E-state index in [2.05, 4.69) is 20.1 Å². The zero-order valence-electron chi connectivity index (χ0n) is 10.5. The maximum Gasteiger partial charge on any atom is 0.258 e. The minimum atomic E-state index is 0.0480. The molecule has 0 fully saturated rings. The molecule has 7 nitrogen and oxygen atoms in total. The van der Waals surface area contributed by atoms with E-state index in [1.54, 1.807) is 24.4 Å². The molecule has 20 heavy (non-hydrogen) atoms. The van der Waals surface area contributed by atoms with Crippen LogP contribution in [0.15, 0.2) is 41.3 Å². The summed E-state index contributed by atoms with van der Waals surface area (Å²) in [7, 11) is 1.47. The van der Waals surface area contributed by atoms with Gasteiger partial charge in [-0.1, -0.05) is 5.16 Å². The summed E-state index contributed by atoms with van der Waals surface area (Å²) in [6.07, 6.45) is 3.01. The average Bonchev–Trinajstić information content (AvgIpc) is 2.98. The number of nitrogens with zero attached hydrogens (tertiary/aromatic N) is 4. The average molecular weight is 270 g/mol. The van der Waals surface area contributed by atoms with Crippen LogP contribution in [0.25, 0.3) is 23.0 Å². The zero-order valence-corrected chi connectivity index (χ0v) is 10.5. The Bertz CT molecular complexity index is 727. The molecule has 0 aliphatic heterocycles. The van der Waals surface area contributed by atoms with Crippen LogP contribution in [0.5, 0.6) is 11.5 Å². The molecule has 0 spiro atoms. The molecule has 0 aliphatic carbocycles. The molecule has 0 aliphatic rings. The maximum atomic E-state index is 9.56. The molecule has 0 bridgehead atoms. The fourth-order valence-corrected chi connectivity index (χ4v) is 1.68. The van der Waals surface area contributed by atoms with E-state index in [-0.39, 0.29) is 5.75 Å². The third-order valence-electron chi connectivity index (χ3n) is 2.66. The molecule has 2 aromatic heterocycles. The van der Waals surface area contributed by atoms with Gasteiger partial charge in [-0.3, -0.25) is 0 Å². The highest BCUT2D eigenvalue weighted by Gasteiger charge is 2.13. The SMILES string of the molecule is COc1cc(-c2nc(-c3ccncn3)no2)ccc1O. The van der Waals surface area contributed by atoms with Gasteiger partial charge in [0.15, 0.2) is 11.5 Å². The summed E-state index contributed by atoms with van der Waals surface area (Å²) in [4.78, 5) is 12.1. The molecule has 3 aromatic rings. The number of phenols is 1. The maximum absolute atomic E-state index is 9.56. The highest BCUT2D eigenvalue weighted by Crippen LogP contribution is 2.31. The Morgan fingerprint density at radius 3 is 2.90 bits per heavy atom. The Balaban J connectivity index is 1.98. The van der Waals surface area contributed by atoms with Crippen LogP contribution in [0, 0.1) is 0 Å². The van der Waals surface area contributed by atoms with Crippen molar-refractivity contribution in [1.29, 1.82) is 0 Å². The van der Waals surface area contributed by atoms with E-state index in [4.69, 9.17) is 9.26 Å². The van der Waals surface area contributed by atoms with Gasteiger partial charge >= 0.3 is 0 Å². The number of aromatic nitrogens is 4. The van der Waals surface area contributed by atoms with E-state index in [0.29, 0.717) is 28.7 Å². The second-order valence-electron chi connectivity index (χ2n) is 3.90. The topological polar surface area (TPSA) is 94.2 Å². The quantitative estimate of drug-likeness (QED) is 0.776. The van der Waals surface area contributed by atoms with Gasteiger partial charge in [0.25, 0.3) is 5.89 Å². The fourth-order valence-electron chi connectivity index (χ4n) is 1.68. The molecule has 1 N–H and O–H groups in total. The first-order chi connectivity index (χ1) is 9.78. The molecule has 0 amide bonds. The molecule has 0 atom stereocenters. The molecule has 100 valence electrons. The third kappa shape index (κ3) is 2.16. The first-order valence-electron chi connectivity index (χ1n) is 5.75. The highest BCUT2D eigenvalue weighted by atomic mass is 16.5. The van der Waals surface area contributed by atoms with Crippen molar-refractivity contribution in [2.45, 2.75) is 0 Å². The first-order valence-corrected chi connectivity index (χ1v) is 5.75. The number of ether oxygens (including phenoxy) is 1. The normalized spacial score (nSPS) is 10.4. The smallest absolute Gasteiger partial charge is 0.258 e. The van der Waals surface area contributed by atoms with Gasteiger partial charge in [-0.05, 0) is 24.3 Å². The largest absolute Gasteiger partial charge is 0.504 e. The van der Waals surface area contributed by atoms with Crippen LogP contribution in [0.1, 0.15) is 0 Å². The lowest BCUT2D eigenvalue weighted by atomic mass is 10.2. The van der Waals surface area contributed by atoms with Crippen LogP contribution in [0.3, 0.4) is 0 Å². The zero-order chi connectivity index (χ0) is 13.9. The second kappa shape index (κ2) is 4.96. The molecular formula is C13H10N4O3. The molecule has 0 unspecified atom stereocenters. The summed E-state index contributed by atoms with van der Waals surface area (Å²) >= 11 is 0. The van der Waals surface area contributed by atoms with Crippen molar-refractivity contribution in [3.63, 3.8) is 0 Å². The van der Waals surface area contributed by atoms with Crippen LogP contribution in [0.2, 0.25) is 0 Å². The van der Waals surface area contributed by atoms with E-state index >= 15 is 0 Å². The monoisotopic (exact) mass is 270 g/mol. The summed E-state index contributed by atoms with van der Waals surface area (Å²) in [5, 5.41) is 13.4. The Morgan fingerprint density at radius 2 is 2.15 bits per heavy atom. The van der Waals surface area contributed by atoms with Crippen molar-refractivity contribution in [1.82, 2.24) is 20.1 Å². The minimum absolute atomic E-state index is 0.0480. The van der Waals surface area contributed by atoms with Gasteiger partial charge in [-0.15, -0.1) is 0 Å². The second-order valence-corrected chi connectivity index (χ2v) is 3.90. The predicted octanol–water partition coefficient (Wildman–Crippen LogP) is 1.91. The number of rotatable bonds is 3. The molecule has 3 rings (SSSR count). The molecule has 1 aromatic carbocycles. The van der Waals surface area contributed by atoms with E-state index in [9.17, 15) is 5.11 Å². The highest BCUT2D eigenvalue weighted by molar-refractivity contribution is 5.61. The van der Waals surface area contributed by atoms with E-state index < -0.39 is 0 Å². The molecule has 7 heteroatoms. The van der Waals surface area contributed by atoms with Gasteiger partial charge in [0.05, 0.1) is 7.11 Å². The Morgan fingerprint density at radius 1 is 1.25 bits per heavy atom. The summed E-state index contributed by atoms with van der Waals surface area (Å²) in [6.45, 7) is 0. The van der Waals surface area contributed by atoms with Gasteiger partial charge in [0.2, 0.25) is 5.82 Å². The van der Waals surface area contributed by atoms with Crippen LogP contribution < -0.4 is 4.74 Å². The van der Waals surface area contributed by atoms with E-state index in [1.165, 1.54) is 19.5 Å². The standard InChI is InChI=1S/C13H10N4O3/c1-19-11-6-8(2-3-10(11)18)13-16-12(17-20-13)9-4-5-14-7-15-9/h2-7,18H,1H3. The van der Waals surface area contributed by atoms with E-state index in [0.717, 1.165) is 0 Å². The van der Waals surface area contributed by atoms with Crippen molar-refractivity contribution >= 4 is 0 Å². The number of methoxy groups -OCH3 is 1. The lowest BCUT2D eigenvalue weighted by molar-refractivity contribution is 0.373. The number of aromatic hydroxyl groups is 1. The number of phenolic OH excluding ortho intramolecular Hbond substituents is 1. The molecule has 0 radical (unpaired) electrons. The van der Waals surface area contributed by atoms with Crippen molar-refractivity contribution in [2.75, 3.05) is 7.11 Å². The van der Waals surface area contributed by atoms with Gasteiger partial charge < -0.3 is 14.4 Å². The van der Waals surface area contributed by atoms with Crippen molar-refractivity contribution in [3.05, 3.63) is 36.8 Å². The van der Waals surface area contributed by atoms with Gasteiger partial charge in [0.1, 0.15) is 12.0 Å². The third-order valence-corrected chi connectivity index (χ3v) is 2.66. The Kier molecular flexibility index (Phi) is 3.00. The number of hydrogen-bond donors (Lipinski definition) is 1. The molecule has 0 saturated heterocycles. The van der Waals surface area contributed by atoms with Crippen molar-refractivity contribution in [2.24, 2.45) is 0 Å². The van der Waals surface area contributed by atoms with Crippen LogP contribution in [-0.4, -0.2) is 32.3 Å². The minimum Gasteiger partial charge on any atom is -0.504 e. The van der Waals surface area contributed by atoms with E-state index in [1.807, 2.05) is 0 Å². The van der Waals surface area contributed by atoms with Crippen LogP contribution >= 0.6 is 0 Å². The summed E-state index contributed by atoms with van der Waals surface area (Å²) < 4.78 is 10.2. The van der Waals surface area contributed by atoms with Gasteiger partial charge in [0, 0.05) is 11.8 Å². The number of benzene rings is 1. The lowest BCUT2D eigenvalue weighted by Crippen LogP contribution is -1.87. The molecule has 2 heterocycles. The Labute approximate surface area is 113 Å². The predicted molar refractivity (Wildman–Crippen MR) is 69.0 cm³/mol. The van der Waals surface area contributed by atoms with Crippen LogP contribution in [0.4, 0.5) is 0 Å². The van der Waals surface area contributed by atoms with Crippen molar-refractivity contribution in [3.8, 4) is 34.5 Å². The number of hydrogen-bond acceptors (Lipinski definition) is 7. The Hall–Kier alpha value is -2.96. The van der Waals surface area contributed by atoms with Crippen LogP contribution in [-0.2, 0) is 0 Å². The summed E-state index contributed by atoms with van der Waals surface area (Å²) in [5.74, 6) is 1.07.